The zero-order valence-corrected chi connectivity index (χ0v) is 14.8. The third-order valence-electron chi connectivity index (χ3n) is 3.66. The minimum absolute atomic E-state index is 0.451. The molecule has 0 aromatic heterocycles. The molecule has 0 saturated heterocycles. The van der Waals surface area contributed by atoms with Gasteiger partial charge in [-0.05, 0) is 42.5 Å². The highest BCUT2D eigenvalue weighted by atomic mass is 32.1. The van der Waals surface area contributed by atoms with Crippen LogP contribution in [0.1, 0.15) is 17.2 Å². The fraction of sp³-hybridized carbons (Fsp3) is 0.0455. The van der Waals surface area contributed by atoms with Gasteiger partial charge in [0.25, 0.3) is 0 Å². The lowest BCUT2D eigenvalue weighted by Gasteiger charge is -2.15. The summed E-state index contributed by atoms with van der Waals surface area (Å²) in [5, 5.41) is 17.2. The number of thiocarbonyl (C=S) groups is 1. The Morgan fingerprint density at radius 3 is 2.15 bits per heavy atom. The van der Waals surface area contributed by atoms with Crippen molar-refractivity contribution >= 4 is 28.7 Å². The third kappa shape index (κ3) is 4.93. The molecule has 0 amide bonds. The van der Waals surface area contributed by atoms with Crippen LogP contribution in [0, 0.1) is 11.8 Å². The first-order chi connectivity index (χ1) is 12.7. The largest absolute Gasteiger partial charge is 0.376 e. The van der Waals surface area contributed by atoms with Gasteiger partial charge in [-0.3, -0.25) is 0 Å². The Labute approximate surface area is 158 Å². The number of aliphatic hydroxyl groups is 1. The van der Waals surface area contributed by atoms with E-state index in [2.05, 4.69) is 22.5 Å². The number of hydrogen-bond acceptors (Lipinski definition) is 2. The SMILES string of the molecule is OC(C#Cc1ccccc1)c1ccccc1NC(=S)Nc1ccccc1. The van der Waals surface area contributed by atoms with Crippen LogP contribution >= 0.6 is 12.2 Å². The molecule has 3 rings (SSSR count). The van der Waals surface area contributed by atoms with Crippen LogP contribution in [-0.4, -0.2) is 10.2 Å². The van der Waals surface area contributed by atoms with Crippen molar-refractivity contribution in [3.8, 4) is 11.8 Å². The number of para-hydroxylation sites is 2. The summed E-state index contributed by atoms with van der Waals surface area (Å²) in [5.74, 6) is 5.87. The molecule has 4 heteroatoms. The number of nitrogens with one attached hydrogen (secondary N) is 2. The van der Waals surface area contributed by atoms with E-state index >= 15 is 0 Å². The van der Waals surface area contributed by atoms with Crippen LogP contribution in [0.4, 0.5) is 11.4 Å². The molecule has 1 unspecified atom stereocenters. The van der Waals surface area contributed by atoms with E-state index in [4.69, 9.17) is 12.2 Å². The highest BCUT2D eigenvalue weighted by Crippen LogP contribution is 2.22. The van der Waals surface area contributed by atoms with Crippen molar-refractivity contribution in [2.24, 2.45) is 0 Å². The smallest absolute Gasteiger partial charge is 0.175 e. The van der Waals surface area contributed by atoms with Gasteiger partial charge in [0.05, 0.1) is 0 Å². The zero-order chi connectivity index (χ0) is 18.2. The molecule has 0 aliphatic heterocycles. The number of rotatable bonds is 3. The maximum Gasteiger partial charge on any atom is 0.175 e. The van der Waals surface area contributed by atoms with Gasteiger partial charge in [-0.25, -0.2) is 0 Å². The Balaban J connectivity index is 1.73. The second-order valence-electron chi connectivity index (χ2n) is 5.57. The maximum absolute atomic E-state index is 10.5. The molecule has 0 saturated carbocycles. The molecule has 128 valence electrons. The lowest BCUT2D eigenvalue weighted by atomic mass is 10.1. The predicted molar refractivity (Wildman–Crippen MR) is 111 cm³/mol. The van der Waals surface area contributed by atoms with Crippen LogP contribution in [0.15, 0.2) is 84.9 Å². The first-order valence-corrected chi connectivity index (χ1v) is 8.60. The molecule has 0 fully saturated rings. The normalized spacial score (nSPS) is 11.0. The van der Waals surface area contributed by atoms with Gasteiger partial charge >= 0.3 is 0 Å². The maximum atomic E-state index is 10.5. The van der Waals surface area contributed by atoms with E-state index in [0.717, 1.165) is 16.9 Å². The van der Waals surface area contributed by atoms with E-state index in [1.54, 1.807) is 0 Å². The highest BCUT2D eigenvalue weighted by Gasteiger charge is 2.10. The first-order valence-electron chi connectivity index (χ1n) is 8.19. The molecule has 3 nitrogen and oxygen atoms in total. The second-order valence-corrected chi connectivity index (χ2v) is 5.98. The van der Waals surface area contributed by atoms with Gasteiger partial charge in [0.2, 0.25) is 0 Å². The molecule has 0 aliphatic rings. The Hall–Kier alpha value is -3.13. The molecule has 3 N–H and O–H groups in total. The van der Waals surface area contributed by atoms with Crippen molar-refractivity contribution in [1.82, 2.24) is 0 Å². The van der Waals surface area contributed by atoms with E-state index in [9.17, 15) is 5.11 Å². The molecule has 0 bridgehead atoms. The van der Waals surface area contributed by atoms with E-state index in [1.165, 1.54) is 0 Å². The van der Waals surface area contributed by atoms with Gasteiger partial charge in [-0.2, -0.15) is 0 Å². The Morgan fingerprint density at radius 2 is 1.42 bits per heavy atom. The Morgan fingerprint density at radius 1 is 0.808 bits per heavy atom. The Kier molecular flexibility index (Phi) is 6.00. The third-order valence-corrected chi connectivity index (χ3v) is 3.87. The van der Waals surface area contributed by atoms with Crippen molar-refractivity contribution in [3.63, 3.8) is 0 Å². The summed E-state index contributed by atoms with van der Waals surface area (Å²) < 4.78 is 0. The predicted octanol–water partition coefficient (Wildman–Crippen LogP) is 4.58. The molecule has 0 radical (unpaired) electrons. The topological polar surface area (TPSA) is 44.3 Å². The molecular formula is C22H18N2OS. The van der Waals surface area contributed by atoms with E-state index in [0.29, 0.717) is 10.7 Å². The summed E-state index contributed by atoms with van der Waals surface area (Å²) in [6.07, 6.45) is -0.918. The second kappa shape index (κ2) is 8.82. The van der Waals surface area contributed by atoms with Gasteiger partial charge in [0, 0.05) is 22.5 Å². The molecule has 0 spiro atoms. The minimum atomic E-state index is -0.918. The summed E-state index contributed by atoms with van der Waals surface area (Å²) in [6.45, 7) is 0. The molecule has 3 aromatic carbocycles. The number of aliphatic hydroxyl groups excluding tert-OH is 1. The van der Waals surface area contributed by atoms with E-state index in [1.807, 2.05) is 84.9 Å². The fourth-order valence-corrected chi connectivity index (χ4v) is 2.63. The molecule has 0 aliphatic carbocycles. The van der Waals surface area contributed by atoms with Crippen molar-refractivity contribution < 1.29 is 5.11 Å². The summed E-state index contributed by atoms with van der Waals surface area (Å²) in [6, 6.07) is 26.7. The number of benzene rings is 3. The van der Waals surface area contributed by atoms with Crippen LogP contribution in [-0.2, 0) is 0 Å². The summed E-state index contributed by atoms with van der Waals surface area (Å²) >= 11 is 5.37. The van der Waals surface area contributed by atoms with Crippen molar-refractivity contribution in [1.29, 1.82) is 0 Å². The summed E-state index contributed by atoms with van der Waals surface area (Å²) in [4.78, 5) is 0. The average Bonchev–Trinajstić information content (AvgIpc) is 2.68. The number of anilines is 2. The van der Waals surface area contributed by atoms with Gasteiger partial charge in [0.1, 0.15) is 6.10 Å². The van der Waals surface area contributed by atoms with Crippen molar-refractivity contribution in [2.45, 2.75) is 6.10 Å². The standard InChI is InChI=1S/C22H18N2OS/c25-21(16-15-17-9-3-1-4-10-17)19-13-7-8-14-20(19)24-22(26)23-18-11-5-2-6-12-18/h1-14,21,25H,(H2,23,24,26). The molecule has 3 aromatic rings. The van der Waals surface area contributed by atoms with Crippen LogP contribution in [0.3, 0.4) is 0 Å². The quantitative estimate of drug-likeness (QED) is 0.474. The lowest BCUT2D eigenvalue weighted by molar-refractivity contribution is 0.239. The molecule has 26 heavy (non-hydrogen) atoms. The number of hydrogen-bond donors (Lipinski definition) is 3. The Bertz CT molecular complexity index is 930. The average molecular weight is 358 g/mol. The summed E-state index contributed by atoms with van der Waals surface area (Å²) in [7, 11) is 0. The van der Waals surface area contributed by atoms with Gasteiger partial charge < -0.3 is 15.7 Å². The first kappa shape index (κ1) is 17.7. The van der Waals surface area contributed by atoms with E-state index < -0.39 is 6.10 Å². The van der Waals surface area contributed by atoms with Gasteiger partial charge in [-0.1, -0.05) is 66.4 Å². The van der Waals surface area contributed by atoms with Gasteiger partial charge in [0.15, 0.2) is 5.11 Å². The highest BCUT2D eigenvalue weighted by molar-refractivity contribution is 7.80. The van der Waals surface area contributed by atoms with Crippen LogP contribution in [0.25, 0.3) is 0 Å². The van der Waals surface area contributed by atoms with E-state index in [-0.39, 0.29) is 0 Å². The monoisotopic (exact) mass is 358 g/mol. The van der Waals surface area contributed by atoms with Gasteiger partial charge in [-0.15, -0.1) is 0 Å². The van der Waals surface area contributed by atoms with Crippen LogP contribution < -0.4 is 10.6 Å². The molecule has 1 atom stereocenters. The molecule has 0 heterocycles. The van der Waals surface area contributed by atoms with Crippen molar-refractivity contribution in [3.05, 3.63) is 96.1 Å². The fourth-order valence-electron chi connectivity index (χ4n) is 2.41. The summed E-state index contributed by atoms with van der Waals surface area (Å²) in [5.41, 5.74) is 3.15. The lowest BCUT2D eigenvalue weighted by Crippen LogP contribution is -2.20. The molecular weight excluding hydrogens is 340 g/mol. The van der Waals surface area contributed by atoms with Crippen molar-refractivity contribution in [2.75, 3.05) is 10.6 Å². The van der Waals surface area contributed by atoms with Crippen LogP contribution in [0.2, 0.25) is 0 Å². The minimum Gasteiger partial charge on any atom is -0.376 e. The van der Waals surface area contributed by atoms with Crippen LogP contribution in [0.5, 0.6) is 0 Å². The zero-order valence-electron chi connectivity index (χ0n) is 14.0.